The molecule has 3 aromatic rings. The van der Waals surface area contributed by atoms with Crippen molar-refractivity contribution in [3.63, 3.8) is 0 Å². The van der Waals surface area contributed by atoms with E-state index in [4.69, 9.17) is 5.73 Å². The van der Waals surface area contributed by atoms with E-state index in [9.17, 15) is 31.9 Å². The van der Waals surface area contributed by atoms with Crippen molar-refractivity contribution < 1.29 is 31.9 Å². The fraction of sp³-hybridized carbons (Fsp3) is 0.0870. The first-order valence-electron chi connectivity index (χ1n) is 9.83. The molecule has 0 aromatic heterocycles. The topological polar surface area (TPSA) is 113 Å². The minimum absolute atomic E-state index is 0.0266. The predicted octanol–water partition coefficient (Wildman–Crippen LogP) is 4.50. The smallest absolute Gasteiger partial charge is 0.366 e. The molecule has 174 valence electrons. The highest BCUT2D eigenvalue weighted by Gasteiger charge is 2.31. The van der Waals surface area contributed by atoms with Crippen LogP contribution in [-0.4, -0.2) is 17.8 Å². The van der Waals surface area contributed by atoms with Crippen LogP contribution in [0, 0.1) is 5.82 Å². The van der Waals surface area contributed by atoms with E-state index in [0.717, 1.165) is 24.3 Å². The summed E-state index contributed by atoms with van der Waals surface area (Å²) in [5.41, 5.74) is 5.38. The van der Waals surface area contributed by atoms with Crippen molar-refractivity contribution in [3.05, 3.63) is 82.7 Å². The SMILES string of the molecule is NC(=O)c1ccc(-c2ccc(NC(=O)Nc3cccc(C(F)(F)F)c3)cc2F)c2c1C(=O)NC2. The first-order chi connectivity index (χ1) is 16.0. The standard InChI is InChI=1S/C23H16F4N4O3/c24-18-9-13(31-22(34)30-12-3-1-2-11(8-12)23(25,26)27)4-5-15(18)14-6-7-16(20(28)32)19-17(14)10-29-21(19)33/h1-9H,10H2,(H2,28,32)(H,29,33)(H2,30,31,34). The van der Waals surface area contributed by atoms with Gasteiger partial charge in [-0.15, -0.1) is 0 Å². The Hall–Kier alpha value is -4.41. The summed E-state index contributed by atoms with van der Waals surface area (Å²) in [5.74, 6) is -2.01. The minimum Gasteiger partial charge on any atom is -0.366 e. The maximum absolute atomic E-state index is 14.9. The number of hydrogen-bond acceptors (Lipinski definition) is 3. The summed E-state index contributed by atoms with van der Waals surface area (Å²) in [6.45, 7) is 0.0868. The van der Waals surface area contributed by atoms with Gasteiger partial charge in [0, 0.05) is 23.5 Å². The predicted molar refractivity (Wildman–Crippen MR) is 116 cm³/mol. The third-order valence-corrected chi connectivity index (χ3v) is 5.20. The molecule has 0 bridgehead atoms. The van der Waals surface area contributed by atoms with Crippen molar-refractivity contribution in [2.24, 2.45) is 5.73 Å². The van der Waals surface area contributed by atoms with Gasteiger partial charge < -0.3 is 21.7 Å². The summed E-state index contributed by atoms with van der Waals surface area (Å²) in [7, 11) is 0. The number of hydrogen-bond donors (Lipinski definition) is 4. The van der Waals surface area contributed by atoms with Crippen LogP contribution in [0.5, 0.6) is 0 Å². The number of carbonyl (C=O) groups is 3. The third kappa shape index (κ3) is 4.40. The molecule has 3 aromatic carbocycles. The van der Waals surface area contributed by atoms with Crippen LogP contribution in [0.3, 0.4) is 0 Å². The highest BCUT2D eigenvalue weighted by atomic mass is 19.4. The maximum Gasteiger partial charge on any atom is 0.416 e. The van der Waals surface area contributed by atoms with Crippen LogP contribution in [0.15, 0.2) is 54.6 Å². The molecule has 1 heterocycles. The Morgan fingerprint density at radius 1 is 0.941 bits per heavy atom. The van der Waals surface area contributed by atoms with Gasteiger partial charge in [0.25, 0.3) is 5.91 Å². The Balaban J connectivity index is 1.56. The fourth-order valence-corrected chi connectivity index (χ4v) is 3.68. The lowest BCUT2D eigenvalue weighted by Crippen LogP contribution is -2.20. The minimum atomic E-state index is -4.57. The molecule has 0 saturated heterocycles. The zero-order chi connectivity index (χ0) is 24.6. The number of benzene rings is 3. The number of halogens is 4. The lowest BCUT2D eigenvalue weighted by atomic mass is 9.92. The summed E-state index contributed by atoms with van der Waals surface area (Å²) >= 11 is 0. The largest absolute Gasteiger partial charge is 0.416 e. The van der Waals surface area contributed by atoms with Crippen molar-refractivity contribution in [2.45, 2.75) is 12.7 Å². The van der Waals surface area contributed by atoms with Crippen LogP contribution in [0.4, 0.5) is 33.7 Å². The summed E-state index contributed by atoms with van der Waals surface area (Å²) in [6, 6.07) is 9.81. The number of carbonyl (C=O) groups excluding carboxylic acids is 3. The van der Waals surface area contributed by atoms with Gasteiger partial charge in [-0.2, -0.15) is 13.2 Å². The van der Waals surface area contributed by atoms with Crippen LogP contribution >= 0.6 is 0 Å². The zero-order valence-electron chi connectivity index (χ0n) is 17.2. The molecule has 1 aliphatic heterocycles. The second kappa shape index (κ2) is 8.50. The third-order valence-electron chi connectivity index (χ3n) is 5.20. The van der Waals surface area contributed by atoms with Gasteiger partial charge in [0.05, 0.1) is 16.7 Å². The number of nitrogens with one attached hydrogen (secondary N) is 3. The molecule has 0 aliphatic carbocycles. The van der Waals surface area contributed by atoms with Crippen molar-refractivity contribution in [1.29, 1.82) is 0 Å². The van der Waals surface area contributed by atoms with Gasteiger partial charge in [-0.25, -0.2) is 9.18 Å². The Morgan fingerprint density at radius 2 is 1.62 bits per heavy atom. The molecule has 34 heavy (non-hydrogen) atoms. The number of alkyl halides is 3. The van der Waals surface area contributed by atoms with Crippen LogP contribution in [-0.2, 0) is 12.7 Å². The fourth-order valence-electron chi connectivity index (χ4n) is 3.68. The quantitative estimate of drug-likeness (QED) is 0.420. The number of nitrogens with two attached hydrogens (primary N) is 1. The molecule has 11 heteroatoms. The van der Waals surface area contributed by atoms with Crippen LogP contribution in [0.2, 0.25) is 0 Å². The van der Waals surface area contributed by atoms with E-state index in [1.54, 1.807) is 0 Å². The normalized spacial score (nSPS) is 12.6. The zero-order valence-corrected chi connectivity index (χ0v) is 17.2. The highest BCUT2D eigenvalue weighted by molar-refractivity contribution is 6.10. The molecule has 0 spiro atoms. The molecular formula is C23H16F4N4O3. The lowest BCUT2D eigenvalue weighted by molar-refractivity contribution is -0.137. The maximum atomic E-state index is 14.9. The van der Waals surface area contributed by atoms with E-state index in [0.29, 0.717) is 11.1 Å². The van der Waals surface area contributed by atoms with Crippen molar-refractivity contribution in [1.82, 2.24) is 5.32 Å². The van der Waals surface area contributed by atoms with Gasteiger partial charge in [0.2, 0.25) is 5.91 Å². The number of primary amides is 1. The average Bonchev–Trinajstić information content (AvgIpc) is 3.15. The molecule has 4 amide bonds. The Bertz CT molecular complexity index is 1340. The van der Waals surface area contributed by atoms with Crippen molar-refractivity contribution in [2.75, 3.05) is 10.6 Å². The molecule has 5 N–H and O–H groups in total. The van der Waals surface area contributed by atoms with Crippen LogP contribution in [0.1, 0.15) is 31.8 Å². The van der Waals surface area contributed by atoms with E-state index in [1.807, 2.05) is 0 Å². The summed E-state index contributed by atoms with van der Waals surface area (Å²) in [5, 5.41) is 7.19. The number of amides is 4. The van der Waals surface area contributed by atoms with Crippen molar-refractivity contribution >= 4 is 29.2 Å². The molecule has 0 unspecified atom stereocenters. The Labute approximate surface area is 190 Å². The average molecular weight is 472 g/mol. The lowest BCUT2D eigenvalue weighted by Gasteiger charge is -2.13. The number of rotatable bonds is 4. The van der Waals surface area contributed by atoms with Gasteiger partial charge in [-0.05, 0) is 53.6 Å². The number of fused-ring (bicyclic) bond motifs is 1. The van der Waals surface area contributed by atoms with E-state index in [2.05, 4.69) is 16.0 Å². The molecule has 0 atom stereocenters. The van der Waals surface area contributed by atoms with Gasteiger partial charge in [0.15, 0.2) is 0 Å². The number of anilines is 2. The molecular weight excluding hydrogens is 456 g/mol. The van der Waals surface area contributed by atoms with Crippen LogP contribution < -0.4 is 21.7 Å². The Morgan fingerprint density at radius 3 is 2.26 bits per heavy atom. The van der Waals surface area contributed by atoms with E-state index in [1.165, 1.54) is 30.3 Å². The summed E-state index contributed by atoms with van der Waals surface area (Å²) in [6.07, 6.45) is -4.57. The Kier molecular flexibility index (Phi) is 5.70. The molecule has 4 rings (SSSR count). The molecule has 0 radical (unpaired) electrons. The van der Waals surface area contributed by atoms with E-state index in [-0.39, 0.29) is 34.6 Å². The van der Waals surface area contributed by atoms with E-state index >= 15 is 0 Å². The first kappa shape index (κ1) is 22.8. The molecule has 1 aliphatic rings. The monoisotopic (exact) mass is 472 g/mol. The molecule has 0 saturated carbocycles. The van der Waals surface area contributed by atoms with Gasteiger partial charge in [-0.1, -0.05) is 12.1 Å². The van der Waals surface area contributed by atoms with Crippen molar-refractivity contribution in [3.8, 4) is 11.1 Å². The molecule has 0 fully saturated rings. The number of urea groups is 1. The van der Waals surface area contributed by atoms with Crippen LogP contribution in [0.25, 0.3) is 11.1 Å². The van der Waals surface area contributed by atoms with E-state index < -0.39 is 35.4 Å². The summed E-state index contributed by atoms with van der Waals surface area (Å²) < 4.78 is 53.4. The molecule has 7 nitrogen and oxygen atoms in total. The van der Waals surface area contributed by atoms with Gasteiger partial charge >= 0.3 is 12.2 Å². The second-order valence-corrected chi connectivity index (χ2v) is 7.41. The second-order valence-electron chi connectivity index (χ2n) is 7.41. The van der Waals surface area contributed by atoms with Gasteiger partial charge in [-0.3, -0.25) is 9.59 Å². The summed E-state index contributed by atoms with van der Waals surface area (Å²) in [4.78, 5) is 35.9. The van der Waals surface area contributed by atoms with Gasteiger partial charge in [0.1, 0.15) is 5.82 Å². The first-order valence-corrected chi connectivity index (χ1v) is 9.83. The highest BCUT2D eigenvalue weighted by Crippen LogP contribution is 2.34.